The number of carbonyl (C=O) groups is 1. The molecule has 0 spiro atoms. The highest BCUT2D eigenvalue weighted by Crippen LogP contribution is 2.41. The van der Waals surface area contributed by atoms with Gasteiger partial charge in [-0.2, -0.15) is 23.3 Å². The number of alkyl halides is 3. The zero-order valence-corrected chi connectivity index (χ0v) is 19.0. The molecular weight excluding hydrogens is 433 g/mol. The lowest BCUT2D eigenvalue weighted by atomic mass is 9.78. The molecule has 1 N–H and O–H groups in total. The summed E-state index contributed by atoms with van der Waals surface area (Å²) in [4.78, 5) is 12.5. The number of hydrogen-bond donors (Lipinski definition) is 1. The van der Waals surface area contributed by atoms with Crippen molar-refractivity contribution < 1.29 is 27.8 Å². The van der Waals surface area contributed by atoms with E-state index in [1.807, 2.05) is 49.4 Å². The number of halogens is 3. The van der Waals surface area contributed by atoms with Gasteiger partial charge in [-0.3, -0.25) is 4.79 Å². The number of benzene rings is 2. The van der Waals surface area contributed by atoms with Crippen LogP contribution in [0.15, 0.2) is 59.7 Å². The second-order valence-electron chi connectivity index (χ2n) is 8.77. The predicted octanol–water partition coefficient (Wildman–Crippen LogP) is 5.42. The van der Waals surface area contributed by atoms with Crippen molar-refractivity contribution in [3.8, 4) is 5.75 Å². The summed E-state index contributed by atoms with van der Waals surface area (Å²) in [6.45, 7) is 5.39. The van der Waals surface area contributed by atoms with E-state index in [0.717, 1.165) is 17.5 Å². The number of amides is 1. The van der Waals surface area contributed by atoms with E-state index in [0.29, 0.717) is 12.2 Å². The van der Waals surface area contributed by atoms with E-state index >= 15 is 0 Å². The third kappa shape index (κ3) is 5.21. The fraction of sp³-hybridized carbons (Fsp3) is 0.440. The van der Waals surface area contributed by atoms with Crippen LogP contribution in [-0.4, -0.2) is 40.2 Å². The standard InChI is InChI=1S/C25H29F3N2O3/c1-4-5-11-20-16-24(32,25(26,27)28)30(29-20)22(31)17-33-21-14-12-19(13-15-21)23(2,3)18-9-7-6-8-10-18/h6-10,12-15,32H,4-5,11,16-17H2,1-3H3/t24-/m1/s1. The van der Waals surface area contributed by atoms with Crippen molar-refractivity contribution in [1.29, 1.82) is 0 Å². The van der Waals surface area contributed by atoms with Gasteiger partial charge in [0.1, 0.15) is 5.75 Å². The Balaban J connectivity index is 1.70. The van der Waals surface area contributed by atoms with E-state index in [1.165, 1.54) is 0 Å². The van der Waals surface area contributed by atoms with Crippen LogP contribution >= 0.6 is 0 Å². The number of carbonyl (C=O) groups excluding carboxylic acids is 1. The number of rotatable bonds is 8. The van der Waals surface area contributed by atoms with Gasteiger partial charge in [-0.05, 0) is 36.1 Å². The highest BCUT2D eigenvalue weighted by Gasteiger charge is 2.63. The molecule has 2 aromatic carbocycles. The van der Waals surface area contributed by atoms with Crippen LogP contribution in [0.3, 0.4) is 0 Å². The van der Waals surface area contributed by atoms with E-state index in [9.17, 15) is 23.1 Å². The minimum atomic E-state index is -5.04. The first kappa shape index (κ1) is 24.8. The molecule has 0 bridgehead atoms. The van der Waals surface area contributed by atoms with Crippen molar-refractivity contribution in [1.82, 2.24) is 5.01 Å². The second kappa shape index (κ2) is 9.55. The third-order valence-electron chi connectivity index (χ3n) is 5.99. The maximum Gasteiger partial charge on any atom is 0.438 e. The maximum atomic E-state index is 13.6. The van der Waals surface area contributed by atoms with Crippen molar-refractivity contribution in [2.45, 2.75) is 63.8 Å². The van der Waals surface area contributed by atoms with Crippen LogP contribution in [0.4, 0.5) is 13.2 Å². The summed E-state index contributed by atoms with van der Waals surface area (Å²) in [5, 5.41) is 14.2. The Bertz CT molecular complexity index is 988. The summed E-state index contributed by atoms with van der Waals surface area (Å²) in [6, 6.07) is 17.0. The van der Waals surface area contributed by atoms with Gasteiger partial charge in [0.25, 0.3) is 11.6 Å². The highest BCUT2D eigenvalue weighted by atomic mass is 19.4. The lowest BCUT2D eigenvalue weighted by Gasteiger charge is -2.32. The van der Waals surface area contributed by atoms with Gasteiger partial charge in [-0.15, -0.1) is 0 Å². The van der Waals surface area contributed by atoms with Gasteiger partial charge in [0.15, 0.2) is 6.61 Å². The second-order valence-corrected chi connectivity index (χ2v) is 8.77. The summed E-state index contributed by atoms with van der Waals surface area (Å²) in [5.74, 6) is -0.726. The van der Waals surface area contributed by atoms with E-state index < -0.39 is 30.8 Å². The van der Waals surface area contributed by atoms with Gasteiger partial charge in [0.05, 0.1) is 0 Å². The molecule has 0 unspecified atom stereocenters. The van der Waals surface area contributed by atoms with E-state index in [-0.39, 0.29) is 22.6 Å². The zero-order valence-electron chi connectivity index (χ0n) is 19.0. The fourth-order valence-corrected chi connectivity index (χ4v) is 3.82. The van der Waals surface area contributed by atoms with Gasteiger partial charge in [0.2, 0.25) is 0 Å². The molecule has 1 heterocycles. The monoisotopic (exact) mass is 462 g/mol. The predicted molar refractivity (Wildman–Crippen MR) is 120 cm³/mol. The summed E-state index contributed by atoms with van der Waals surface area (Å²) in [6.07, 6.45) is -4.11. The summed E-state index contributed by atoms with van der Waals surface area (Å²) in [5.41, 5.74) is -1.31. The minimum Gasteiger partial charge on any atom is -0.484 e. The van der Waals surface area contributed by atoms with Gasteiger partial charge in [0, 0.05) is 17.5 Å². The van der Waals surface area contributed by atoms with Crippen molar-refractivity contribution in [2.24, 2.45) is 5.10 Å². The number of hydrogen-bond acceptors (Lipinski definition) is 4. The summed E-state index contributed by atoms with van der Waals surface area (Å²) < 4.78 is 46.1. The zero-order chi connectivity index (χ0) is 24.3. The molecule has 2 aromatic rings. The topological polar surface area (TPSA) is 62.1 Å². The SMILES string of the molecule is CCCCC1=NN(C(=O)COc2ccc(C(C)(C)c3ccccc3)cc2)[C@](O)(C(F)(F)F)C1. The van der Waals surface area contributed by atoms with E-state index in [1.54, 1.807) is 12.1 Å². The van der Waals surface area contributed by atoms with Crippen LogP contribution in [-0.2, 0) is 10.2 Å². The maximum absolute atomic E-state index is 13.6. The lowest BCUT2D eigenvalue weighted by Crippen LogP contribution is -2.57. The van der Waals surface area contributed by atoms with Crippen LogP contribution in [0.1, 0.15) is 57.6 Å². The van der Waals surface area contributed by atoms with Gasteiger partial charge >= 0.3 is 6.18 Å². The minimum absolute atomic E-state index is 0.130. The Morgan fingerprint density at radius 2 is 1.70 bits per heavy atom. The molecular formula is C25H29F3N2O3. The van der Waals surface area contributed by atoms with Crippen LogP contribution < -0.4 is 4.74 Å². The smallest absolute Gasteiger partial charge is 0.438 e. The number of unbranched alkanes of at least 4 members (excludes halogenated alkanes) is 1. The van der Waals surface area contributed by atoms with Crippen LogP contribution in [0, 0.1) is 0 Å². The molecule has 5 nitrogen and oxygen atoms in total. The number of aliphatic hydroxyl groups is 1. The van der Waals surface area contributed by atoms with E-state index in [4.69, 9.17) is 4.74 Å². The third-order valence-corrected chi connectivity index (χ3v) is 5.99. The number of ether oxygens (including phenoxy) is 1. The molecule has 178 valence electrons. The molecule has 8 heteroatoms. The van der Waals surface area contributed by atoms with Crippen LogP contribution in [0.25, 0.3) is 0 Å². The molecule has 0 radical (unpaired) electrons. The average Bonchev–Trinajstić information content (AvgIpc) is 3.15. The Kier molecular flexibility index (Phi) is 7.17. The van der Waals surface area contributed by atoms with E-state index in [2.05, 4.69) is 18.9 Å². The summed E-state index contributed by atoms with van der Waals surface area (Å²) in [7, 11) is 0. The molecule has 0 aromatic heterocycles. The van der Waals surface area contributed by atoms with Crippen LogP contribution in [0.5, 0.6) is 5.75 Å². The van der Waals surface area contributed by atoms with Gasteiger partial charge < -0.3 is 9.84 Å². The molecule has 1 amide bonds. The molecule has 33 heavy (non-hydrogen) atoms. The van der Waals surface area contributed by atoms with Crippen molar-refractivity contribution in [3.05, 3.63) is 65.7 Å². The Morgan fingerprint density at radius 1 is 1.09 bits per heavy atom. The lowest BCUT2D eigenvalue weighted by molar-refractivity contribution is -0.302. The van der Waals surface area contributed by atoms with Crippen molar-refractivity contribution >= 4 is 11.6 Å². The molecule has 0 saturated carbocycles. The normalized spacial score (nSPS) is 18.9. The molecule has 0 fully saturated rings. The fourth-order valence-electron chi connectivity index (χ4n) is 3.82. The first-order valence-corrected chi connectivity index (χ1v) is 11.0. The summed E-state index contributed by atoms with van der Waals surface area (Å²) >= 11 is 0. The molecule has 3 rings (SSSR count). The number of hydrazone groups is 1. The van der Waals surface area contributed by atoms with Crippen molar-refractivity contribution in [2.75, 3.05) is 6.61 Å². The van der Waals surface area contributed by atoms with Gasteiger partial charge in [-0.25, -0.2) is 0 Å². The number of nitrogens with zero attached hydrogens (tertiary/aromatic N) is 2. The Labute approximate surface area is 191 Å². The highest BCUT2D eigenvalue weighted by molar-refractivity contribution is 5.91. The van der Waals surface area contributed by atoms with Crippen molar-refractivity contribution in [3.63, 3.8) is 0 Å². The Hall–Kier alpha value is -2.87. The molecule has 0 saturated heterocycles. The first-order valence-electron chi connectivity index (χ1n) is 11.0. The quantitative estimate of drug-likeness (QED) is 0.570. The Morgan fingerprint density at radius 3 is 2.27 bits per heavy atom. The molecule has 1 aliphatic rings. The molecule has 1 aliphatic heterocycles. The molecule has 0 aliphatic carbocycles. The largest absolute Gasteiger partial charge is 0.484 e. The average molecular weight is 463 g/mol. The van der Waals surface area contributed by atoms with Gasteiger partial charge in [-0.1, -0.05) is 69.7 Å². The molecule has 1 atom stereocenters. The van der Waals surface area contributed by atoms with Crippen LogP contribution in [0.2, 0.25) is 0 Å². The first-order chi connectivity index (χ1) is 15.5.